The van der Waals surface area contributed by atoms with Crippen molar-refractivity contribution in [3.8, 4) is 0 Å². The molecule has 0 fully saturated rings. The molecule has 0 saturated heterocycles. The van der Waals surface area contributed by atoms with E-state index < -0.39 is 5.97 Å². The van der Waals surface area contributed by atoms with Gasteiger partial charge in [-0.05, 0) is 43.2 Å². The van der Waals surface area contributed by atoms with Gasteiger partial charge in [-0.3, -0.25) is 9.59 Å². The van der Waals surface area contributed by atoms with Crippen molar-refractivity contribution < 1.29 is 19.1 Å². The lowest BCUT2D eigenvalue weighted by molar-refractivity contribution is -0.126. The molecule has 0 radical (unpaired) electrons. The molecule has 1 aliphatic rings. The Labute approximate surface area is 168 Å². The molecule has 0 heterocycles. The number of Topliss-reactive ketones (excluding diaryl/α,β-unsaturated/α-hetero) is 2. The van der Waals surface area contributed by atoms with Gasteiger partial charge in [0, 0.05) is 23.8 Å². The monoisotopic (exact) mass is 384 g/mol. The van der Waals surface area contributed by atoms with E-state index in [0.717, 1.165) is 18.4 Å². The molecule has 0 spiro atoms. The standard InChI is InChI=1S/C24H32O4/c1-15-8-7-13-24(4,5)21(15)20(25)14-16(2)17(3)22(26)18-9-11-19(12-10-18)23(27)28-6/h8-12,16-17,21H,7,13-14H2,1-6H3. The van der Waals surface area contributed by atoms with Crippen LogP contribution in [0.25, 0.3) is 0 Å². The average molecular weight is 385 g/mol. The summed E-state index contributed by atoms with van der Waals surface area (Å²) in [6.45, 7) is 10.2. The van der Waals surface area contributed by atoms with Gasteiger partial charge in [-0.15, -0.1) is 0 Å². The maximum atomic E-state index is 13.0. The Morgan fingerprint density at radius 3 is 2.21 bits per heavy atom. The summed E-state index contributed by atoms with van der Waals surface area (Å²) in [5.41, 5.74) is 2.09. The Morgan fingerprint density at radius 2 is 1.68 bits per heavy atom. The molecule has 0 N–H and O–H groups in total. The van der Waals surface area contributed by atoms with Crippen LogP contribution in [0.2, 0.25) is 0 Å². The first-order valence-corrected chi connectivity index (χ1v) is 10.0. The topological polar surface area (TPSA) is 60.4 Å². The summed E-state index contributed by atoms with van der Waals surface area (Å²) in [4.78, 5) is 37.4. The highest BCUT2D eigenvalue weighted by atomic mass is 16.5. The molecule has 1 aliphatic carbocycles. The van der Waals surface area contributed by atoms with E-state index >= 15 is 0 Å². The van der Waals surface area contributed by atoms with E-state index in [1.54, 1.807) is 24.3 Å². The van der Waals surface area contributed by atoms with Crippen molar-refractivity contribution in [2.24, 2.45) is 23.2 Å². The summed E-state index contributed by atoms with van der Waals surface area (Å²) < 4.78 is 4.68. The third-order valence-electron chi connectivity index (χ3n) is 6.19. The van der Waals surface area contributed by atoms with Crippen LogP contribution in [0.3, 0.4) is 0 Å². The minimum atomic E-state index is -0.426. The summed E-state index contributed by atoms with van der Waals surface area (Å²) >= 11 is 0. The van der Waals surface area contributed by atoms with Crippen LogP contribution in [-0.2, 0) is 9.53 Å². The van der Waals surface area contributed by atoms with Gasteiger partial charge in [-0.2, -0.15) is 0 Å². The zero-order chi connectivity index (χ0) is 21.1. The van der Waals surface area contributed by atoms with E-state index in [9.17, 15) is 14.4 Å². The SMILES string of the molecule is COC(=O)c1ccc(C(=O)C(C)C(C)CC(=O)C2C(C)=CCCC2(C)C)cc1. The first-order chi connectivity index (χ1) is 13.1. The predicted octanol–water partition coefficient (Wildman–Crippen LogP) is 5.27. The van der Waals surface area contributed by atoms with Crippen LogP contribution in [-0.4, -0.2) is 24.6 Å². The number of ketones is 2. The molecule has 4 nitrogen and oxygen atoms in total. The zero-order valence-electron chi connectivity index (χ0n) is 17.9. The van der Waals surface area contributed by atoms with Crippen molar-refractivity contribution in [1.82, 2.24) is 0 Å². The maximum absolute atomic E-state index is 13.0. The highest BCUT2D eigenvalue weighted by Crippen LogP contribution is 2.42. The fourth-order valence-corrected chi connectivity index (χ4v) is 4.26. The molecule has 1 aromatic carbocycles. The molecule has 0 aromatic heterocycles. The Kier molecular flexibility index (Phi) is 6.97. The fraction of sp³-hybridized carbons (Fsp3) is 0.542. The highest BCUT2D eigenvalue weighted by Gasteiger charge is 2.38. The quantitative estimate of drug-likeness (QED) is 0.365. The van der Waals surface area contributed by atoms with Crippen molar-refractivity contribution in [2.45, 2.75) is 53.9 Å². The van der Waals surface area contributed by atoms with Gasteiger partial charge in [-0.25, -0.2) is 4.79 Å². The van der Waals surface area contributed by atoms with Crippen LogP contribution in [0.1, 0.15) is 74.6 Å². The van der Waals surface area contributed by atoms with Gasteiger partial charge in [0.25, 0.3) is 0 Å². The number of carbonyl (C=O) groups is 3. The number of rotatable bonds is 7. The Hall–Kier alpha value is -2.23. The fourth-order valence-electron chi connectivity index (χ4n) is 4.26. The van der Waals surface area contributed by atoms with Crippen LogP contribution in [0, 0.1) is 23.2 Å². The number of carbonyl (C=O) groups excluding carboxylic acids is 3. The van der Waals surface area contributed by atoms with Gasteiger partial charge >= 0.3 is 5.97 Å². The highest BCUT2D eigenvalue weighted by molar-refractivity contribution is 5.99. The lowest BCUT2D eigenvalue weighted by Gasteiger charge is -2.38. The van der Waals surface area contributed by atoms with E-state index in [4.69, 9.17) is 0 Å². The molecule has 3 atom stereocenters. The van der Waals surface area contributed by atoms with E-state index in [0.29, 0.717) is 17.5 Å². The lowest BCUT2D eigenvalue weighted by Crippen LogP contribution is -2.36. The van der Waals surface area contributed by atoms with E-state index in [1.165, 1.54) is 7.11 Å². The number of methoxy groups -OCH3 is 1. The average Bonchev–Trinajstić information content (AvgIpc) is 2.65. The second-order valence-corrected chi connectivity index (χ2v) is 8.78. The second kappa shape index (κ2) is 8.85. The Balaban J connectivity index is 2.07. The normalized spacial score (nSPS) is 20.6. The number of benzene rings is 1. The molecule has 1 aromatic rings. The van der Waals surface area contributed by atoms with Crippen LogP contribution in [0.5, 0.6) is 0 Å². The van der Waals surface area contributed by atoms with Crippen LogP contribution >= 0.6 is 0 Å². The lowest BCUT2D eigenvalue weighted by atomic mass is 9.65. The van der Waals surface area contributed by atoms with Crippen LogP contribution < -0.4 is 0 Å². The number of ether oxygens (including phenoxy) is 1. The maximum Gasteiger partial charge on any atom is 0.337 e. The molecule has 0 aliphatic heterocycles. The summed E-state index contributed by atoms with van der Waals surface area (Å²) in [6, 6.07) is 6.49. The summed E-state index contributed by atoms with van der Waals surface area (Å²) in [7, 11) is 1.33. The van der Waals surface area contributed by atoms with Crippen LogP contribution in [0.15, 0.2) is 35.9 Å². The predicted molar refractivity (Wildman–Crippen MR) is 110 cm³/mol. The molecule has 0 saturated carbocycles. The van der Waals surface area contributed by atoms with Crippen molar-refractivity contribution in [3.63, 3.8) is 0 Å². The summed E-state index contributed by atoms with van der Waals surface area (Å²) in [6.07, 6.45) is 4.60. The molecule has 2 rings (SSSR count). The van der Waals surface area contributed by atoms with Crippen molar-refractivity contribution in [1.29, 1.82) is 0 Å². The largest absolute Gasteiger partial charge is 0.465 e. The van der Waals surface area contributed by atoms with E-state index in [2.05, 4.69) is 24.7 Å². The molecule has 28 heavy (non-hydrogen) atoms. The minimum absolute atomic E-state index is 0.00751. The Morgan fingerprint density at radius 1 is 1.11 bits per heavy atom. The first-order valence-electron chi connectivity index (χ1n) is 10.0. The van der Waals surface area contributed by atoms with Gasteiger partial charge in [-0.1, -0.05) is 51.5 Å². The second-order valence-electron chi connectivity index (χ2n) is 8.78. The Bertz CT molecular complexity index is 770. The third-order valence-corrected chi connectivity index (χ3v) is 6.19. The molecule has 0 bridgehead atoms. The third kappa shape index (κ3) is 4.78. The zero-order valence-corrected chi connectivity index (χ0v) is 17.9. The molecular formula is C24H32O4. The molecule has 0 amide bonds. The number of hydrogen-bond acceptors (Lipinski definition) is 4. The number of allylic oxidation sites excluding steroid dienone is 2. The van der Waals surface area contributed by atoms with Gasteiger partial charge < -0.3 is 4.74 Å². The van der Waals surface area contributed by atoms with Crippen molar-refractivity contribution >= 4 is 17.5 Å². The van der Waals surface area contributed by atoms with Crippen molar-refractivity contribution in [2.75, 3.05) is 7.11 Å². The molecular weight excluding hydrogens is 352 g/mol. The van der Waals surface area contributed by atoms with Gasteiger partial charge in [0.15, 0.2) is 5.78 Å². The molecule has 3 unspecified atom stereocenters. The first kappa shape index (κ1) is 22.1. The van der Waals surface area contributed by atoms with E-state index in [-0.39, 0.29) is 34.7 Å². The van der Waals surface area contributed by atoms with Crippen LogP contribution in [0.4, 0.5) is 0 Å². The smallest absolute Gasteiger partial charge is 0.337 e. The van der Waals surface area contributed by atoms with Gasteiger partial charge in [0.1, 0.15) is 5.78 Å². The number of hydrogen-bond donors (Lipinski definition) is 0. The molecule has 4 heteroatoms. The van der Waals surface area contributed by atoms with Gasteiger partial charge in [0.05, 0.1) is 12.7 Å². The van der Waals surface area contributed by atoms with Gasteiger partial charge in [0.2, 0.25) is 0 Å². The minimum Gasteiger partial charge on any atom is -0.465 e. The molecule has 152 valence electrons. The summed E-state index contributed by atoms with van der Waals surface area (Å²) in [5, 5.41) is 0. The summed E-state index contributed by atoms with van der Waals surface area (Å²) in [5.74, 6) is -0.594. The van der Waals surface area contributed by atoms with Crippen molar-refractivity contribution in [3.05, 3.63) is 47.0 Å². The number of esters is 1. The van der Waals surface area contributed by atoms with E-state index in [1.807, 2.05) is 20.8 Å².